The van der Waals surface area contributed by atoms with Gasteiger partial charge in [-0.1, -0.05) is 11.6 Å². The van der Waals surface area contributed by atoms with Gasteiger partial charge in [-0.15, -0.1) is 0 Å². The Balaban J connectivity index is 2.31. The second-order valence-corrected chi connectivity index (χ2v) is 4.43. The number of amides is 1. The molecule has 0 saturated heterocycles. The molecule has 5 nitrogen and oxygen atoms in total. The van der Waals surface area contributed by atoms with E-state index in [9.17, 15) is 9.59 Å². The molecule has 1 aromatic carbocycles. The minimum Gasteiger partial charge on any atom is -0.463 e. The van der Waals surface area contributed by atoms with Crippen LogP contribution in [0.15, 0.2) is 39.7 Å². The first-order valence-corrected chi connectivity index (χ1v) is 6.30. The highest BCUT2D eigenvalue weighted by Crippen LogP contribution is 2.13. The van der Waals surface area contributed by atoms with Crippen LogP contribution in [0, 0.1) is 6.92 Å². The Labute approximate surface area is 116 Å². The Kier molecular flexibility index (Phi) is 4.32. The molecule has 5 heteroatoms. The minimum atomic E-state index is -0.292. The fourth-order valence-electron chi connectivity index (χ4n) is 1.79. The van der Waals surface area contributed by atoms with Gasteiger partial charge in [0.2, 0.25) is 5.91 Å². The number of carbonyl (C=O) groups excluding carboxylic acids is 1. The van der Waals surface area contributed by atoms with Gasteiger partial charge in [-0.3, -0.25) is 9.59 Å². The van der Waals surface area contributed by atoms with Crippen molar-refractivity contribution >= 4 is 23.0 Å². The Morgan fingerprint density at radius 3 is 3.00 bits per heavy atom. The topological polar surface area (TPSA) is 85.3 Å². The van der Waals surface area contributed by atoms with Crippen LogP contribution in [0.2, 0.25) is 0 Å². The number of nitrogens with one attached hydrogen (secondary N) is 1. The molecule has 0 saturated carbocycles. The van der Waals surface area contributed by atoms with Gasteiger partial charge >= 0.3 is 0 Å². The Hall–Kier alpha value is -2.40. The van der Waals surface area contributed by atoms with Gasteiger partial charge in [-0.25, -0.2) is 0 Å². The second-order valence-electron chi connectivity index (χ2n) is 4.43. The van der Waals surface area contributed by atoms with Crippen LogP contribution in [0.1, 0.15) is 11.1 Å². The van der Waals surface area contributed by atoms with Crippen LogP contribution in [0.3, 0.4) is 0 Å². The van der Waals surface area contributed by atoms with Crippen molar-refractivity contribution in [2.24, 2.45) is 5.73 Å². The van der Waals surface area contributed by atoms with Gasteiger partial charge in [0.25, 0.3) is 0 Å². The molecule has 104 valence electrons. The highest BCUT2D eigenvalue weighted by atomic mass is 16.3. The fraction of sp³-hybridized carbons (Fsp3) is 0.200. The number of hydrogen-bond acceptors (Lipinski definition) is 4. The molecule has 0 aliphatic heterocycles. The standard InChI is InChI=1S/C15H16N2O3/c1-10-2-4-13-12(8-10)15(19)11(9-20-13)3-5-14(18)17-7-6-16/h2-5,8-9H,6-7,16H2,1H3,(H,17,18)/b5-3+. The summed E-state index contributed by atoms with van der Waals surface area (Å²) in [6.45, 7) is 2.67. The van der Waals surface area contributed by atoms with Crippen LogP contribution in [-0.4, -0.2) is 19.0 Å². The lowest BCUT2D eigenvalue weighted by atomic mass is 10.1. The number of carbonyl (C=O) groups is 1. The molecule has 0 bridgehead atoms. The van der Waals surface area contributed by atoms with Crippen molar-refractivity contribution in [2.45, 2.75) is 6.92 Å². The third-order valence-electron chi connectivity index (χ3n) is 2.81. The van der Waals surface area contributed by atoms with Crippen LogP contribution >= 0.6 is 0 Å². The molecule has 0 spiro atoms. The molecule has 1 aromatic heterocycles. The van der Waals surface area contributed by atoms with Gasteiger partial charge in [-0.05, 0) is 25.1 Å². The summed E-state index contributed by atoms with van der Waals surface area (Å²) in [4.78, 5) is 23.7. The quantitative estimate of drug-likeness (QED) is 0.819. The van der Waals surface area contributed by atoms with Gasteiger partial charge in [0.05, 0.1) is 10.9 Å². The first kappa shape index (κ1) is 14.0. The van der Waals surface area contributed by atoms with Gasteiger partial charge in [0.15, 0.2) is 5.43 Å². The predicted molar refractivity (Wildman–Crippen MR) is 78.3 cm³/mol. The van der Waals surface area contributed by atoms with E-state index < -0.39 is 0 Å². The van der Waals surface area contributed by atoms with E-state index in [1.807, 2.05) is 13.0 Å². The lowest BCUT2D eigenvalue weighted by Crippen LogP contribution is -2.27. The molecule has 2 aromatic rings. The van der Waals surface area contributed by atoms with Gasteiger partial charge in [0.1, 0.15) is 11.8 Å². The molecule has 1 heterocycles. The average Bonchev–Trinajstić information content (AvgIpc) is 2.45. The van der Waals surface area contributed by atoms with Gasteiger partial charge < -0.3 is 15.5 Å². The zero-order valence-corrected chi connectivity index (χ0v) is 11.2. The largest absolute Gasteiger partial charge is 0.463 e. The molecule has 0 radical (unpaired) electrons. The van der Waals surface area contributed by atoms with E-state index in [2.05, 4.69) is 5.32 Å². The highest BCUT2D eigenvalue weighted by Gasteiger charge is 2.05. The summed E-state index contributed by atoms with van der Waals surface area (Å²) in [7, 11) is 0. The normalized spacial score (nSPS) is 11.1. The summed E-state index contributed by atoms with van der Waals surface area (Å²) >= 11 is 0. The molecular formula is C15H16N2O3. The number of fused-ring (bicyclic) bond motifs is 1. The van der Waals surface area contributed by atoms with E-state index in [4.69, 9.17) is 10.2 Å². The van der Waals surface area contributed by atoms with Crippen molar-refractivity contribution in [2.75, 3.05) is 13.1 Å². The molecule has 0 aliphatic carbocycles. The van der Waals surface area contributed by atoms with Gasteiger partial charge in [0, 0.05) is 19.2 Å². The van der Waals surface area contributed by atoms with Crippen molar-refractivity contribution in [3.63, 3.8) is 0 Å². The minimum absolute atomic E-state index is 0.155. The Morgan fingerprint density at radius 2 is 2.25 bits per heavy atom. The number of benzene rings is 1. The van der Waals surface area contributed by atoms with Crippen molar-refractivity contribution in [1.29, 1.82) is 0 Å². The molecule has 1 amide bonds. The van der Waals surface area contributed by atoms with Crippen molar-refractivity contribution in [3.05, 3.63) is 51.9 Å². The maximum atomic E-state index is 12.2. The third-order valence-corrected chi connectivity index (χ3v) is 2.81. The zero-order chi connectivity index (χ0) is 14.5. The van der Waals surface area contributed by atoms with E-state index >= 15 is 0 Å². The number of aryl methyl sites for hydroxylation is 1. The summed E-state index contributed by atoms with van der Waals surface area (Å²) in [6, 6.07) is 5.40. The van der Waals surface area contributed by atoms with Crippen LogP contribution in [0.4, 0.5) is 0 Å². The van der Waals surface area contributed by atoms with Crippen LogP contribution in [-0.2, 0) is 4.79 Å². The third kappa shape index (κ3) is 3.13. The van der Waals surface area contributed by atoms with E-state index in [1.165, 1.54) is 18.4 Å². The number of nitrogens with two attached hydrogens (primary N) is 1. The predicted octanol–water partition coefficient (Wildman–Crippen LogP) is 1.19. The van der Waals surface area contributed by atoms with Crippen molar-refractivity contribution in [1.82, 2.24) is 5.32 Å². The molecule has 0 atom stereocenters. The first-order chi connectivity index (χ1) is 9.61. The van der Waals surface area contributed by atoms with E-state index in [0.717, 1.165) is 5.56 Å². The number of rotatable bonds is 4. The van der Waals surface area contributed by atoms with Crippen molar-refractivity contribution in [3.8, 4) is 0 Å². The molecule has 0 unspecified atom stereocenters. The summed E-state index contributed by atoms with van der Waals surface area (Å²) in [5.74, 6) is -0.292. The molecule has 3 N–H and O–H groups in total. The van der Waals surface area contributed by atoms with Crippen molar-refractivity contribution < 1.29 is 9.21 Å². The molecular weight excluding hydrogens is 256 g/mol. The first-order valence-electron chi connectivity index (χ1n) is 6.30. The molecule has 0 aliphatic rings. The SMILES string of the molecule is Cc1ccc2occ(/C=C/C(=O)NCCN)c(=O)c2c1. The molecule has 2 rings (SSSR count). The maximum Gasteiger partial charge on any atom is 0.244 e. The van der Waals surface area contributed by atoms with E-state index in [0.29, 0.717) is 29.6 Å². The smallest absolute Gasteiger partial charge is 0.244 e. The zero-order valence-electron chi connectivity index (χ0n) is 11.2. The van der Waals surface area contributed by atoms with Crippen LogP contribution in [0.5, 0.6) is 0 Å². The monoisotopic (exact) mass is 272 g/mol. The Morgan fingerprint density at radius 1 is 1.45 bits per heavy atom. The van der Waals surface area contributed by atoms with E-state index in [-0.39, 0.29) is 11.3 Å². The van der Waals surface area contributed by atoms with E-state index in [1.54, 1.807) is 12.1 Å². The molecule has 0 fully saturated rings. The summed E-state index contributed by atoms with van der Waals surface area (Å²) in [5, 5.41) is 3.09. The highest BCUT2D eigenvalue weighted by molar-refractivity contribution is 5.92. The fourth-order valence-corrected chi connectivity index (χ4v) is 1.79. The molecule has 20 heavy (non-hydrogen) atoms. The Bertz CT molecular complexity index is 717. The van der Waals surface area contributed by atoms with Gasteiger partial charge in [-0.2, -0.15) is 0 Å². The maximum absolute atomic E-state index is 12.2. The average molecular weight is 272 g/mol. The lowest BCUT2D eigenvalue weighted by molar-refractivity contribution is -0.116. The van der Waals surface area contributed by atoms with Crippen LogP contribution in [0.25, 0.3) is 17.0 Å². The number of hydrogen-bond donors (Lipinski definition) is 2. The summed E-state index contributed by atoms with van der Waals surface area (Å²) in [6.07, 6.45) is 4.09. The lowest BCUT2D eigenvalue weighted by Gasteiger charge is -2.00. The summed E-state index contributed by atoms with van der Waals surface area (Å²) in [5.41, 5.74) is 6.98. The summed E-state index contributed by atoms with van der Waals surface area (Å²) < 4.78 is 5.39. The van der Waals surface area contributed by atoms with Crippen LogP contribution < -0.4 is 16.5 Å². The second kappa shape index (κ2) is 6.16.